The van der Waals surface area contributed by atoms with Crippen LogP contribution in [0.4, 0.5) is 13.2 Å². The molecule has 2 N–H and O–H groups in total. The summed E-state index contributed by atoms with van der Waals surface area (Å²) in [5.41, 5.74) is 1.71. The minimum Gasteiger partial charge on any atom is -0.365 e. The SMILES string of the molecule is C#Cc1cccn2ncc(C(C#N)NC(=O)C3C4C(CN3C(=O)C(C)OC3CC3)C4(C)C)c12.CNC(=O)C(F)(F)F. The second-order valence-electron chi connectivity index (χ2n) is 11.0. The van der Waals surface area contributed by atoms with Gasteiger partial charge in [-0.25, -0.2) is 4.52 Å². The number of hydrogen-bond acceptors (Lipinski definition) is 6. The van der Waals surface area contributed by atoms with E-state index in [2.05, 4.69) is 36.3 Å². The minimum atomic E-state index is -4.74. The van der Waals surface area contributed by atoms with Crippen LogP contribution in [0.15, 0.2) is 24.5 Å². The summed E-state index contributed by atoms with van der Waals surface area (Å²) in [5, 5.41) is 18.5. The number of nitriles is 1. The van der Waals surface area contributed by atoms with E-state index in [1.807, 2.05) is 0 Å². The number of nitrogens with one attached hydrogen (secondary N) is 2. The van der Waals surface area contributed by atoms with Crippen LogP contribution in [-0.2, 0) is 19.1 Å². The lowest BCUT2D eigenvalue weighted by atomic mass is 9.99. The number of likely N-dealkylation sites (tertiary alicyclic amines) is 1. The summed E-state index contributed by atoms with van der Waals surface area (Å²) in [6.45, 7) is 6.53. The molecule has 13 heteroatoms. The average molecular weight is 573 g/mol. The Morgan fingerprint density at radius 3 is 2.51 bits per heavy atom. The number of ether oxygens (including phenoxy) is 1. The number of carbonyl (C=O) groups is 3. The molecule has 5 atom stereocenters. The number of piperidine rings is 1. The number of pyridine rings is 1. The Bertz CT molecular complexity index is 1430. The number of fused-ring (bicyclic) bond motifs is 2. The molecule has 0 spiro atoms. The molecule has 2 aromatic rings. The van der Waals surface area contributed by atoms with E-state index in [9.17, 15) is 32.8 Å². The molecule has 41 heavy (non-hydrogen) atoms. The smallest absolute Gasteiger partial charge is 0.365 e. The summed E-state index contributed by atoms with van der Waals surface area (Å²) in [4.78, 5) is 37.9. The fraction of sp³-hybridized carbons (Fsp3) is 0.536. The van der Waals surface area contributed by atoms with E-state index in [1.165, 1.54) is 5.32 Å². The van der Waals surface area contributed by atoms with Crippen molar-refractivity contribution in [2.45, 2.75) is 64.1 Å². The molecule has 0 bridgehead atoms. The first kappa shape index (κ1) is 29.9. The predicted octanol–water partition coefficient (Wildman–Crippen LogP) is 2.34. The Morgan fingerprint density at radius 1 is 1.29 bits per heavy atom. The van der Waals surface area contributed by atoms with E-state index in [-0.39, 0.29) is 35.2 Å². The van der Waals surface area contributed by atoms with Gasteiger partial charge in [-0.3, -0.25) is 14.4 Å². The molecular weight excluding hydrogens is 541 g/mol. The third-order valence-electron chi connectivity index (χ3n) is 7.96. The molecule has 3 aliphatic rings. The first-order valence-electron chi connectivity index (χ1n) is 13.1. The van der Waals surface area contributed by atoms with Crippen molar-refractivity contribution in [2.24, 2.45) is 17.3 Å². The van der Waals surface area contributed by atoms with Crippen molar-refractivity contribution in [3.05, 3.63) is 35.7 Å². The van der Waals surface area contributed by atoms with Crippen LogP contribution in [0.1, 0.15) is 50.8 Å². The quantitative estimate of drug-likeness (QED) is 0.512. The number of halogens is 3. The Labute approximate surface area is 235 Å². The van der Waals surface area contributed by atoms with E-state index >= 15 is 0 Å². The van der Waals surface area contributed by atoms with E-state index in [1.54, 1.807) is 40.9 Å². The lowest BCUT2D eigenvalue weighted by Crippen LogP contribution is -2.53. The summed E-state index contributed by atoms with van der Waals surface area (Å²) in [6, 6.07) is 4.15. The zero-order valence-electron chi connectivity index (χ0n) is 23.0. The van der Waals surface area contributed by atoms with Gasteiger partial charge in [0.2, 0.25) is 5.91 Å². The van der Waals surface area contributed by atoms with Crippen molar-refractivity contribution in [2.75, 3.05) is 13.6 Å². The summed E-state index contributed by atoms with van der Waals surface area (Å²) in [7, 11) is 0.926. The predicted molar refractivity (Wildman–Crippen MR) is 140 cm³/mol. The van der Waals surface area contributed by atoms with Crippen molar-refractivity contribution in [1.82, 2.24) is 25.1 Å². The standard InChI is InChI=1S/C25H27N5O3.C3H4F3NO/c1-5-15-7-6-10-30-21(15)17(12-27-30)19(11-26)28-23(31)22-20-18(25(20,3)4)13-29(22)24(32)14(2)33-16-8-9-16;1-7-2(8)3(4,5)6/h1,6-7,10,12,14,16,18-20,22H,8-9,13H2,2-4H3,(H,28,31);1H3,(H,7,8). The summed E-state index contributed by atoms with van der Waals surface area (Å²) in [5.74, 6) is 0.517. The molecule has 1 saturated heterocycles. The van der Waals surface area contributed by atoms with Gasteiger partial charge in [0.15, 0.2) is 0 Å². The van der Waals surface area contributed by atoms with Crippen LogP contribution in [-0.4, -0.2) is 70.3 Å². The van der Waals surface area contributed by atoms with Crippen LogP contribution >= 0.6 is 0 Å². The van der Waals surface area contributed by atoms with Crippen molar-refractivity contribution in [1.29, 1.82) is 5.26 Å². The van der Waals surface area contributed by atoms with Gasteiger partial charge in [0.25, 0.3) is 5.91 Å². The molecule has 218 valence electrons. The number of amides is 3. The number of hydrogen-bond donors (Lipinski definition) is 2. The van der Waals surface area contributed by atoms with E-state index in [0.717, 1.165) is 19.9 Å². The number of alkyl halides is 3. The molecule has 0 aromatic carbocycles. The molecule has 3 fully saturated rings. The third-order valence-corrected chi connectivity index (χ3v) is 7.96. The molecule has 3 heterocycles. The first-order valence-corrected chi connectivity index (χ1v) is 13.1. The van der Waals surface area contributed by atoms with Crippen LogP contribution in [0, 0.1) is 40.9 Å². The Morgan fingerprint density at radius 2 is 1.98 bits per heavy atom. The molecule has 0 radical (unpaired) electrons. The van der Waals surface area contributed by atoms with Gasteiger partial charge >= 0.3 is 12.1 Å². The highest BCUT2D eigenvalue weighted by molar-refractivity contribution is 5.91. The fourth-order valence-corrected chi connectivity index (χ4v) is 5.54. The van der Waals surface area contributed by atoms with Crippen molar-refractivity contribution >= 4 is 23.2 Å². The molecule has 5 unspecified atom stereocenters. The molecule has 5 rings (SSSR count). The normalized spacial score (nSPS) is 23.6. The maximum absolute atomic E-state index is 13.5. The minimum absolute atomic E-state index is 0.0252. The fourth-order valence-electron chi connectivity index (χ4n) is 5.54. The summed E-state index contributed by atoms with van der Waals surface area (Å²) >= 11 is 0. The lowest BCUT2D eigenvalue weighted by molar-refractivity contribution is -0.172. The average Bonchev–Trinajstić information content (AvgIpc) is 3.68. The molecule has 10 nitrogen and oxygen atoms in total. The van der Waals surface area contributed by atoms with Gasteiger partial charge in [-0.2, -0.15) is 23.5 Å². The lowest BCUT2D eigenvalue weighted by Gasteiger charge is -2.32. The molecule has 2 aromatic heterocycles. The highest BCUT2D eigenvalue weighted by Gasteiger charge is 2.69. The molecule has 2 aliphatic carbocycles. The summed E-state index contributed by atoms with van der Waals surface area (Å²) in [6.07, 6.45) is 5.71. The number of nitrogens with zero attached hydrogens (tertiary/aromatic N) is 4. The van der Waals surface area contributed by atoms with Crippen LogP contribution in [0.5, 0.6) is 0 Å². The van der Waals surface area contributed by atoms with Gasteiger partial charge in [0.1, 0.15) is 18.2 Å². The van der Waals surface area contributed by atoms with Gasteiger partial charge < -0.3 is 20.3 Å². The van der Waals surface area contributed by atoms with Gasteiger partial charge in [0.05, 0.1) is 29.5 Å². The number of rotatable bonds is 6. The molecule has 2 saturated carbocycles. The molecular formula is C28H31F3N6O4. The Kier molecular flexibility index (Phi) is 8.05. The molecule has 1 aliphatic heterocycles. The summed E-state index contributed by atoms with van der Waals surface area (Å²) < 4.78 is 40.5. The van der Waals surface area contributed by atoms with Crippen LogP contribution in [0.25, 0.3) is 5.52 Å². The van der Waals surface area contributed by atoms with Crippen molar-refractivity contribution in [3.8, 4) is 18.4 Å². The zero-order chi connectivity index (χ0) is 30.3. The van der Waals surface area contributed by atoms with E-state index in [0.29, 0.717) is 23.2 Å². The zero-order valence-corrected chi connectivity index (χ0v) is 23.0. The highest BCUT2D eigenvalue weighted by atomic mass is 19.4. The van der Waals surface area contributed by atoms with Crippen LogP contribution in [0.2, 0.25) is 0 Å². The highest BCUT2D eigenvalue weighted by Crippen LogP contribution is 2.65. The number of carbonyl (C=O) groups excluding carboxylic acids is 3. The van der Waals surface area contributed by atoms with Crippen molar-refractivity contribution in [3.63, 3.8) is 0 Å². The maximum atomic E-state index is 13.5. The second kappa shape index (κ2) is 11.1. The number of aromatic nitrogens is 2. The third kappa shape index (κ3) is 5.86. The second-order valence-corrected chi connectivity index (χ2v) is 11.0. The topological polar surface area (TPSA) is 129 Å². The van der Waals surface area contributed by atoms with Gasteiger partial charge in [-0.15, -0.1) is 6.42 Å². The largest absolute Gasteiger partial charge is 0.471 e. The monoisotopic (exact) mass is 572 g/mol. The maximum Gasteiger partial charge on any atom is 0.471 e. The van der Waals surface area contributed by atoms with Crippen LogP contribution < -0.4 is 10.6 Å². The first-order chi connectivity index (χ1) is 19.3. The van der Waals surface area contributed by atoms with Gasteiger partial charge in [-0.1, -0.05) is 19.8 Å². The Hall–Kier alpha value is -4.10. The van der Waals surface area contributed by atoms with Gasteiger partial charge in [-0.05, 0) is 49.1 Å². The van der Waals surface area contributed by atoms with E-state index in [4.69, 9.17) is 11.2 Å². The van der Waals surface area contributed by atoms with Crippen molar-refractivity contribution < 1.29 is 32.3 Å². The van der Waals surface area contributed by atoms with E-state index < -0.39 is 30.3 Å². The van der Waals surface area contributed by atoms with Gasteiger partial charge in [0, 0.05) is 25.4 Å². The Balaban J connectivity index is 0.000000426. The number of terminal acetylenes is 1. The van der Waals surface area contributed by atoms with Crippen LogP contribution in [0.3, 0.4) is 0 Å². The molecule has 3 amide bonds.